The van der Waals surface area contributed by atoms with Gasteiger partial charge in [-0.3, -0.25) is 0 Å². The first-order chi connectivity index (χ1) is 5.43. The summed E-state index contributed by atoms with van der Waals surface area (Å²) in [4.78, 5) is 0. The van der Waals surface area contributed by atoms with Gasteiger partial charge in [-0.1, -0.05) is 20.8 Å². The molecule has 0 aromatic carbocycles. The summed E-state index contributed by atoms with van der Waals surface area (Å²) >= 11 is 3.31. The predicted molar refractivity (Wildman–Crippen MR) is 50.8 cm³/mol. The molecule has 2 nitrogen and oxygen atoms in total. The van der Waals surface area contributed by atoms with Crippen LogP contribution >= 0.6 is 15.9 Å². The van der Waals surface area contributed by atoms with Crippen molar-refractivity contribution in [2.75, 3.05) is 0 Å². The lowest BCUT2D eigenvalue weighted by Gasteiger charge is -2.24. The van der Waals surface area contributed by atoms with Crippen molar-refractivity contribution in [3.05, 3.63) is 22.6 Å². The number of furan rings is 1. The lowest BCUT2D eigenvalue weighted by atomic mass is 9.88. The molecule has 0 spiro atoms. The van der Waals surface area contributed by atoms with Crippen molar-refractivity contribution in [1.82, 2.24) is 0 Å². The molecule has 68 valence electrons. The number of aliphatic hydroxyl groups is 1. The van der Waals surface area contributed by atoms with Crippen molar-refractivity contribution in [1.29, 1.82) is 0 Å². The van der Waals surface area contributed by atoms with Crippen LogP contribution in [0.5, 0.6) is 0 Å². The SMILES string of the molecule is CC(C)(C)C(O)c1occc1Br. The number of hydrogen-bond donors (Lipinski definition) is 1. The van der Waals surface area contributed by atoms with Crippen molar-refractivity contribution in [2.24, 2.45) is 5.41 Å². The molecule has 0 radical (unpaired) electrons. The zero-order chi connectivity index (χ0) is 9.35. The largest absolute Gasteiger partial charge is 0.465 e. The third-order valence-corrected chi connectivity index (χ3v) is 2.37. The molecule has 0 bridgehead atoms. The van der Waals surface area contributed by atoms with E-state index in [1.54, 1.807) is 12.3 Å². The number of aliphatic hydroxyl groups excluding tert-OH is 1. The van der Waals surface area contributed by atoms with E-state index in [-0.39, 0.29) is 5.41 Å². The summed E-state index contributed by atoms with van der Waals surface area (Å²) < 4.78 is 5.98. The van der Waals surface area contributed by atoms with E-state index in [0.29, 0.717) is 5.76 Å². The van der Waals surface area contributed by atoms with Gasteiger partial charge in [0.15, 0.2) is 0 Å². The smallest absolute Gasteiger partial charge is 0.146 e. The third kappa shape index (κ3) is 1.90. The van der Waals surface area contributed by atoms with Crippen LogP contribution < -0.4 is 0 Å². The first kappa shape index (κ1) is 9.81. The Bertz CT molecular complexity index is 260. The number of rotatable bonds is 1. The first-order valence-corrected chi connectivity index (χ1v) is 4.63. The van der Waals surface area contributed by atoms with E-state index < -0.39 is 6.10 Å². The summed E-state index contributed by atoms with van der Waals surface area (Å²) in [6.07, 6.45) is 0.996. The lowest BCUT2D eigenvalue weighted by Crippen LogP contribution is -2.17. The van der Waals surface area contributed by atoms with Crippen molar-refractivity contribution in [2.45, 2.75) is 26.9 Å². The highest BCUT2D eigenvalue weighted by Crippen LogP contribution is 2.36. The molecule has 0 aliphatic heterocycles. The van der Waals surface area contributed by atoms with E-state index in [0.717, 1.165) is 4.47 Å². The van der Waals surface area contributed by atoms with Gasteiger partial charge >= 0.3 is 0 Å². The van der Waals surface area contributed by atoms with E-state index >= 15 is 0 Å². The van der Waals surface area contributed by atoms with E-state index in [1.807, 2.05) is 20.8 Å². The highest BCUT2D eigenvalue weighted by molar-refractivity contribution is 9.10. The molecule has 1 aromatic rings. The Morgan fingerprint density at radius 2 is 2.08 bits per heavy atom. The summed E-state index contributed by atoms with van der Waals surface area (Å²) in [5, 5.41) is 9.80. The second-order valence-corrected chi connectivity index (χ2v) is 4.76. The van der Waals surface area contributed by atoms with Crippen LogP contribution in [0.2, 0.25) is 0 Å². The number of hydrogen-bond acceptors (Lipinski definition) is 2. The molecule has 1 atom stereocenters. The molecule has 1 rings (SSSR count). The van der Waals surface area contributed by atoms with E-state index in [9.17, 15) is 5.11 Å². The normalized spacial score (nSPS) is 14.8. The Morgan fingerprint density at radius 3 is 2.42 bits per heavy atom. The maximum Gasteiger partial charge on any atom is 0.146 e. The van der Waals surface area contributed by atoms with Crippen LogP contribution in [0.3, 0.4) is 0 Å². The van der Waals surface area contributed by atoms with Crippen LogP contribution in [0.15, 0.2) is 21.2 Å². The lowest BCUT2D eigenvalue weighted by molar-refractivity contribution is 0.0427. The zero-order valence-electron chi connectivity index (χ0n) is 7.47. The third-order valence-electron chi connectivity index (χ3n) is 1.71. The maximum atomic E-state index is 9.80. The van der Waals surface area contributed by atoms with E-state index in [2.05, 4.69) is 15.9 Å². The van der Waals surface area contributed by atoms with Crippen LogP contribution in [0.4, 0.5) is 0 Å². The Morgan fingerprint density at radius 1 is 1.50 bits per heavy atom. The molecule has 0 aliphatic carbocycles. The average molecular weight is 233 g/mol. The fourth-order valence-corrected chi connectivity index (χ4v) is 1.31. The molecule has 1 heterocycles. The van der Waals surface area contributed by atoms with Gasteiger partial charge in [-0.2, -0.15) is 0 Å². The highest BCUT2D eigenvalue weighted by atomic mass is 79.9. The monoisotopic (exact) mass is 232 g/mol. The number of halogens is 1. The topological polar surface area (TPSA) is 33.4 Å². The van der Waals surface area contributed by atoms with Crippen molar-refractivity contribution in [3.63, 3.8) is 0 Å². The minimum Gasteiger partial charge on any atom is -0.465 e. The molecular weight excluding hydrogens is 220 g/mol. The maximum absolute atomic E-state index is 9.80. The van der Waals surface area contributed by atoms with E-state index in [4.69, 9.17) is 4.42 Å². The Hall–Kier alpha value is -0.280. The van der Waals surface area contributed by atoms with Gasteiger partial charge in [0, 0.05) is 0 Å². The van der Waals surface area contributed by atoms with Gasteiger partial charge in [0.2, 0.25) is 0 Å². The van der Waals surface area contributed by atoms with Crippen LogP contribution in [0.1, 0.15) is 32.6 Å². The molecule has 3 heteroatoms. The van der Waals surface area contributed by atoms with Crippen LogP contribution in [-0.4, -0.2) is 5.11 Å². The standard InChI is InChI=1S/C9H13BrO2/c1-9(2,3)8(11)7-6(10)4-5-12-7/h4-5,8,11H,1-3H3. The second kappa shape index (κ2) is 3.23. The van der Waals surface area contributed by atoms with Crippen LogP contribution in [-0.2, 0) is 0 Å². The van der Waals surface area contributed by atoms with Crippen molar-refractivity contribution in [3.8, 4) is 0 Å². The molecule has 1 aromatic heterocycles. The molecule has 1 N–H and O–H groups in total. The zero-order valence-corrected chi connectivity index (χ0v) is 9.05. The van der Waals surface area contributed by atoms with Gasteiger partial charge in [-0.05, 0) is 27.4 Å². The summed E-state index contributed by atoms with van der Waals surface area (Å²) in [6, 6.07) is 1.78. The molecule has 12 heavy (non-hydrogen) atoms. The van der Waals surface area contributed by atoms with Gasteiger partial charge in [-0.25, -0.2) is 0 Å². The average Bonchev–Trinajstić information content (AvgIpc) is 2.31. The molecular formula is C9H13BrO2. The minimum absolute atomic E-state index is 0.194. The summed E-state index contributed by atoms with van der Waals surface area (Å²) in [5.74, 6) is 0.600. The summed E-state index contributed by atoms with van der Waals surface area (Å²) in [7, 11) is 0. The van der Waals surface area contributed by atoms with Gasteiger partial charge in [0.25, 0.3) is 0 Å². The van der Waals surface area contributed by atoms with E-state index in [1.165, 1.54) is 0 Å². The Kier molecular flexibility index (Phi) is 2.64. The fraction of sp³-hybridized carbons (Fsp3) is 0.556. The summed E-state index contributed by atoms with van der Waals surface area (Å²) in [6.45, 7) is 5.89. The minimum atomic E-state index is -0.568. The van der Waals surface area contributed by atoms with Crippen LogP contribution in [0, 0.1) is 5.41 Å². The second-order valence-electron chi connectivity index (χ2n) is 3.90. The molecule has 1 unspecified atom stereocenters. The van der Waals surface area contributed by atoms with Gasteiger partial charge < -0.3 is 9.52 Å². The van der Waals surface area contributed by atoms with Gasteiger partial charge in [0.1, 0.15) is 11.9 Å². The molecule has 0 fully saturated rings. The predicted octanol–water partition coefficient (Wildman–Crippen LogP) is 3.12. The first-order valence-electron chi connectivity index (χ1n) is 3.84. The molecule has 0 saturated carbocycles. The molecule has 0 saturated heterocycles. The van der Waals surface area contributed by atoms with Gasteiger partial charge in [0.05, 0.1) is 10.7 Å². The Balaban J connectivity index is 2.92. The van der Waals surface area contributed by atoms with Crippen molar-refractivity contribution >= 4 is 15.9 Å². The fourth-order valence-electron chi connectivity index (χ4n) is 0.894. The summed E-state index contributed by atoms with van der Waals surface area (Å²) in [5.41, 5.74) is -0.194. The highest BCUT2D eigenvalue weighted by Gasteiger charge is 2.27. The van der Waals surface area contributed by atoms with Crippen molar-refractivity contribution < 1.29 is 9.52 Å². The quantitative estimate of drug-likeness (QED) is 0.808. The Labute approximate surface area is 80.7 Å². The molecule has 0 aliphatic rings. The van der Waals surface area contributed by atoms with Gasteiger partial charge in [-0.15, -0.1) is 0 Å². The molecule has 0 amide bonds. The van der Waals surface area contributed by atoms with Crippen LogP contribution in [0.25, 0.3) is 0 Å².